The van der Waals surface area contributed by atoms with E-state index >= 15 is 0 Å². The molecule has 3 nitrogen and oxygen atoms in total. The van der Waals surface area contributed by atoms with Gasteiger partial charge in [-0.3, -0.25) is 9.48 Å². The maximum atomic E-state index is 11.2. The van der Waals surface area contributed by atoms with Gasteiger partial charge in [0.1, 0.15) is 5.78 Å². The monoisotopic (exact) mass is 234 g/mol. The highest BCUT2D eigenvalue weighted by Gasteiger charge is 2.19. The Morgan fingerprint density at radius 3 is 2.82 bits per heavy atom. The Hall–Kier alpha value is -1.12. The molecule has 0 N–H and O–H groups in total. The van der Waals surface area contributed by atoms with E-state index in [9.17, 15) is 4.79 Å². The van der Waals surface area contributed by atoms with Crippen LogP contribution in [-0.2, 0) is 11.2 Å². The summed E-state index contributed by atoms with van der Waals surface area (Å²) in [7, 11) is 0. The fourth-order valence-corrected chi connectivity index (χ4v) is 2.42. The van der Waals surface area contributed by atoms with E-state index in [1.807, 2.05) is 0 Å². The zero-order valence-electron chi connectivity index (χ0n) is 10.9. The van der Waals surface area contributed by atoms with Gasteiger partial charge in [0.25, 0.3) is 0 Å². The molecule has 0 saturated heterocycles. The quantitative estimate of drug-likeness (QED) is 0.802. The van der Waals surface area contributed by atoms with Crippen molar-refractivity contribution >= 4 is 5.78 Å². The standard InChI is InChI=1S/C14H22N2O/c1-3-11(2)16-9-8-13(15-16)10-12-4-6-14(17)7-5-12/h8-9,11-12H,3-7,10H2,1-2H3. The van der Waals surface area contributed by atoms with Crippen molar-refractivity contribution in [3.05, 3.63) is 18.0 Å². The van der Waals surface area contributed by atoms with Crippen molar-refractivity contribution in [1.29, 1.82) is 0 Å². The number of nitrogens with zero attached hydrogens (tertiary/aromatic N) is 2. The average molecular weight is 234 g/mol. The van der Waals surface area contributed by atoms with Gasteiger partial charge in [-0.05, 0) is 44.6 Å². The molecule has 2 rings (SSSR count). The molecular weight excluding hydrogens is 212 g/mol. The van der Waals surface area contributed by atoms with E-state index in [4.69, 9.17) is 0 Å². The molecule has 17 heavy (non-hydrogen) atoms. The van der Waals surface area contributed by atoms with Crippen molar-refractivity contribution in [2.24, 2.45) is 5.92 Å². The molecule has 1 saturated carbocycles. The van der Waals surface area contributed by atoms with E-state index in [1.165, 1.54) is 5.69 Å². The molecule has 0 aliphatic heterocycles. The Bertz CT molecular complexity index is 373. The molecule has 1 aliphatic carbocycles. The third-order valence-corrected chi connectivity index (χ3v) is 3.87. The number of hydrogen-bond donors (Lipinski definition) is 0. The second-order valence-corrected chi connectivity index (χ2v) is 5.23. The number of Topliss-reactive ketones (excluding diaryl/α,β-unsaturated/α-hetero) is 1. The highest BCUT2D eigenvalue weighted by atomic mass is 16.1. The first-order chi connectivity index (χ1) is 8.19. The van der Waals surface area contributed by atoms with Crippen LogP contribution in [-0.4, -0.2) is 15.6 Å². The van der Waals surface area contributed by atoms with Gasteiger partial charge in [0.05, 0.1) is 5.69 Å². The number of rotatable bonds is 4. The number of hydrogen-bond acceptors (Lipinski definition) is 2. The molecule has 0 amide bonds. The summed E-state index contributed by atoms with van der Waals surface area (Å²) < 4.78 is 2.06. The van der Waals surface area contributed by atoms with Gasteiger partial charge in [-0.2, -0.15) is 5.10 Å². The number of ketones is 1. The lowest BCUT2D eigenvalue weighted by Crippen LogP contribution is -2.16. The van der Waals surface area contributed by atoms with Crippen LogP contribution in [0.4, 0.5) is 0 Å². The minimum absolute atomic E-state index is 0.436. The molecular formula is C14H22N2O. The van der Waals surface area contributed by atoms with Crippen LogP contribution in [0.2, 0.25) is 0 Å². The second kappa shape index (κ2) is 5.48. The van der Waals surface area contributed by atoms with E-state index in [2.05, 4.69) is 35.9 Å². The lowest BCUT2D eigenvalue weighted by molar-refractivity contribution is -0.121. The van der Waals surface area contributed by atoms with Gasteiger partial charge in [-0.1, -0.05) is 6.92 Å². The maximum Gasteiger partial charge on any atom is 0.132 e. The summed E-state index contributed by atoms with van der Waals surface area (Å²) in [6, 6.07) is 2.61. The molecule has 1 aromatic rings. The molecule has 1 aliphatic rings. The normalized spacial score (nSPS) is 19.5. The summed E-state index contributed by atoms with van der Waals surface area (Å²) in [4.78, 5) is 11.2. The maximum absolute atomic E-state index is 11.2. The second-order valence-electron chi connectivity index (χ2n) is 5.23. The van der Waals surface area contributed by atoms with Gasteiger partial charge >= 0.3 is 0 Å². The Morgan fingerprint density at radius 1 is 1.47 bits per heavy atom. The lowest BCUT2D eigenvalue weighted by Gasteiger charge is -2.19. The minimum atomic E-state index is 0.436. The van der Waals surface area contributed by atoms with Crippen molar-refractivity contribution in [1.82, 2.24) is 9.78 Å². The van der Waals surface area contributed by atoms with Gasteiger partial charge in [0.15, 0.2) is 0 Å². The SMILES string of the molecule is CCC(C)n1ccc(CC2CCC(=O)CC2)n1. The van der Waals surface area contributed by atoms with E-state index in [-0.39, 0.29) is 0 Å². The van der Waals surface area contributed by atoms with Crippen molar-refractivity contribution in [2.75, 3.05) is 0 Å². The minimum Gasteiger partial charge on any atom is -0.300 e. The number of aromatic nitrogens is 2. The fraction of sp³-hybridized carbons (Fsp3) is 0.714. The van der Waals surface area contributed by atoms with E-state index < -0.39 is 0 Å². The molecule has 1 heterocycles. The van der Waals surface area contributed by atoms with Crippen LogP contribution in [0.25, 0.3) is 0 Å². The van der Waals surface area contributed by atoms with E-state index in [0.29, 0.717) is 17.7 Å². The predicted octanol–water partition coefficient (Wildman–Crippen LogP) is 3.16. The van der Waals surface area contributed by atoms with Crippen LogP contribution in [0, 0.1) is 5.92 Å². The fourth-order valence-electron chi connectivity index (χ4n) is 2.42. The molecule has 0 spiro atoms. The molecule has 94 valence electrons. The number of carbonyl (C=O) groups excluding carboxylic acids is 1. The lowest BCUT2D eigenvalue weighted by atomic mass is 9.85. The molecule has 1 aromatic heterocycles. The van der Waals surface area contributed by atoms with Crippen LogP contribution in [0.1, 0.15) is 57.7 Å². The molecule has 3 heteroatoms. The Kier molecular flexibility index (Phi) is 3.97. The van der Waals surface area contributed by atoms with Crippen LogP contribution < -0.4 is 0 Å². The molecule has 1 unspecified atom stereocenters. The largest absolute Gasteiger partial charge is 0.300 e. The smallest absolute Gasteiger partial charge is 0.132 e. The number of carbonyl (C=O) groups is 1. The van der Waals surface area contributed by atoms with E-state index in [0.717, 1.165) is 38.5 Å². The highest BCUT2D eigenvalue weighted by Crippen LogP contribution is 2.24. The van der Waals surface area contributed by atoms with Gasteiger partial charge in [-0.15, -0.1) is 0 Å². The topological polar surface area (TPSA) is 34.9 Å². The third kappa shape index (κ3) is 3.18. The first-order valence-corrected chi connectivity index (χ1v) is 6.74. The highest BCUT2D eigenvalue weighted by molar-refractivity contribution is 5.79. The van der Waals surface area contributed by atoms with Crippen LogP contribution >= 0.6 is 0 Å². The third-order valence-electron chi connectivity index (χ3n) is 3.87. The van der Waals surface area contributed by atoms with Gasteiger partial charge < -0.3 is 0 Å². The summed E-state index contributed by atoms with van der Waals surface area (Å²) in [5.41, 5.74) is 1.18. The summed E-state index contributed by atoms with van der Waals surface area (Å²) >= 11 is 0. The Morgan fingerprint density at radius 2 is 2.18 bits per heavy atom. The van der Waals surface area contributed by atoms with Crippen molar-refractivity contribution in [2.45, 2.75) is 58.4 Å². The van der Waals surface area contributed by atoms with E-state index in [1.54, 1.807) is 0 Å². The average Bonchev–Trinajstić information content (AvgIpc) is 2.80. The molecule has 1 atom stereocenters. The van der Waals surface area contributed by atoms with Gasteiger partial charge in [0.2, 0.25) is 0 Å². The van der Waals surface area contributed by atoms with Gasteiger partial charge in [-0.25, -0.2) is 0 Å². The van der Waals surface area contributed by atoms with Gasteiger partial charge in [0, 0.05) is 25.1 Å². The first kappa shape index (κ1) is 12.3. The first-order valence-electron chi connectivity index (χ1n) is 6.74. The molecule has 0 bridgehead atoms. The Labute approximate surface area is 103 Å². The van der Waals surface area contributed by atoms with Crippen LogP contribution in [0.15, 0.2) is 12.3 Å². The molecule has 0 aromatic carbocycles. The van der Waals surface area contributed by atoms with Crippen molar-refractivity contribution in [3.63, 3.8) is 0 Å². The van der Waals surface area contributed by atoms with Crippen LogP contribution in [0.3, 0.4) is 0 Å². The predicted molar refractivity (Wildman–Crippen MR) is 67.9 cm³/mol. The van der Waals surface area contributed by atoms with Crippen molar-refractivity contribution < 1.29 is 4.79 Å². The van der Waals surface area contributed by atoms with Crippen molar-refractivity contribution in [3.8, 4) is 0 Å². The van der Waals surface area contributed by atoms with Crippen LogP contribution in [0.5, 0.6) is 0 Å². The summed E-state index contributed by atoms with van der Waals surface area (Å²) in [5, 5.41) is 4.63. The Balaban J connectivity index is 1.90. The summed E-state index contributed by atoms with van der Waals surface area (Å²) in [5.74, 6) is 1.10. The zero-order chi connectivity index (χ0) is 12.3. The molecule has 1 fully saturated rings. The zero-order valence-corrected chi connectivity index (χ0v) is 10.9. The summed E-state index contributed by atoms with van der Waals surface area (Å²) in [6.45, 7) is 4.37. The summed E-state index contributed by atoms with van der Waals surface area (Å²) in [6.07, 6.45) is 7.88. The molecule has 0 radical (unpaired) electrons.